The van der Waals surface area contributed by atoms with Crippen molar-refractivity contribution in [1.82, 2.24) is 40.4 Å². The van der Waals surface area contributed by atoms with E-state index >= 15 is 4.39 Å². The molecule has 7 rings (SSSR count). The molecule has 4 atom stereocenters. The number of fused-ring (bicyclic) bond motifs is 3. The highest BCUT2D eigenvalue weighted by atomic mass is 19.1. The molecule has 2 fully saturated rings. The minimum atomic E-state index is -0.761. The maximum absolute atomic E-state index is 16.3. The summed E-state index contributed by atoms with van der Waals surface area (Å²) >= 11 is 0. The molecule has 4 N–H and O–H groups in total. The number of carbonyl (C=O) groups excluding carboxylic acids is 4. The highest BCUT2D eigenvalue weighted by Crippen LogP contribution is 2.43. The molecule has 0 radical (unpaired) electrons. The van der Waals surface area contributed by atoms with Gasteiger partial charge in [0.1, 0.15) is 41.9 Å². The van der Waals surface area contributed by atoms with Gasteiger partial charge in [-0.3, -0.25) is 9.59 Å². The van der Waals surface area contributed by atoms with Crippen molar-refractivity contribution in [2.24, 2.45) is 11.8 Å². The molecular weight excluding hydrogens is 735 g/mol. The van der Waals surface area contributed by atoms with Crippen LogP contribution in [0.5, 0.6) is 5.75 Å². The molecule has 2 saturated heterocycles. The normalized spacial score (nSPS) is 18.5. The number of ether oxygens (including phenoxy) is 3. The zero-order chi connectivity index (χ0) is 40.5. The maximum atomic E-state index is 16.3. The number of likely N-dealkylation sites (tertiary alicyclic amines) is 2. The first-order valence-electron chi connectivity index (χ1n) is 19.4. The van der Waals surface area contributed by atoms with Crippen LogP contribution in [0.25, 0.3) is 33.6 Å². The third kappa shape index (κ3) is 7.64. The highest BCUT2D eigenvalue weighted by molar-refractivity contribution is 5.87. The largest absolute Gasteiger partial charge is 0.488 e. The first kappa shape index (κ1) is 39.3. The zero-order valence-corrected chi connectivity index (χ0v) is 33.0. The molecule has 302 valence electrons. The van der Waals surface area contributed by atoms with Crippen LogP contribution >= 0.6 is 0 Å². The van der Waals surface area contributed by atoms with Crippen molar-refractivity contribution in [3.8, 4) is 39.4 Å². The van der Waals surface area contributed by atoms with Gasteiger partial charge in [0, 0.05) is 35.3 Å². The second-order valence-electron chi connectivity index (χ2n) is 15.4. The molecule has 3 aliphatic heterocycles. The number of methoxy groups -OCH3 is 2. The van der Waals surface area contributed by atoms with Crippen molar-refractivity contribution in [2.75, 3.05) is 27.3 Å². The summed E-state index contributed by atoms with van der Waals surface area (Å²) in [6.45, 7) is 8.55. The number of halogens is 1. The Morgan fingerprint density at radius 3 is 1.82 bits per heavy atom. The summed E-state index contributed by atoms with van der Waals surface area (Å²) in [7, 11) is 2.53. The summed E-state index contributed by atoms with van der Waals surface area (Å²) < 4.78 is 32.0. The number of amides is 4. The van der Waals surface area contributed by atoms with Crippen molar-refractivity contribution in [3.63, 3.8) is 0 Å². The fourth-order valence-corrected chi connectivity index (χ4v) is 8.09. The van der Waals surface area contributed by atoms with E-state index in [1.54, 1.807) is 28.3 Å². The summed E-state index contributed by atoms with van der Waals surface area (Å²) in [6, 6.07) is 7.21. The Morgan fingerprint density at radius 2 is 1.28 bits per heavy atom. The van der Waals surface area contributed by atoms with Crippen molar-refractivity contribution >= 4 is 24.0 Å². The van der Waals surface area contributed by atoms with Gasteiger partial charge in [-0.25, -0.2) is 23.9 Å². The van der Waals surface area contributed by atoms with E-state index in [9.17, 15) is 19.2 Å². The van der Waals surface area contributed by atoms with E-state index < -0.39 is 30.1 Å². The number of H-pyrrole nitrogens is 2. The number of hydrogen-bond donors (Lipinski definition) is 4. The van der Waals surface area contributed by atoms with Gasteiger partial charge in [0.05, 0.1) is 50.1 Å². The van der Waals surface area contributed by atoms with Crippen LogP contribution in [0.2, 0.25) is 0 Å². The van der Waals surface area contributed by atoms with Crippen LogP contribution in [0.4, 0.5) is 14.0 Å². The van der Waals surface area contributed by atoms with Gasteiger partial charge in [-0.2, -0.15) is 0 Å². The van der Waals surface area contributed by atoms with Gasteiger partial charge in [-0.05, 0) is 61.3 Å². The van der Waals surface area contributed by atoms with Crippen LogP contribution in [-0.4, -0.2) is 93.1 Å². The molecule has 2 aromatic heterocycles. The fraction of sp³-hybridized carbons (Fsp3) is 0.463. The molecule has 57 heavy (non-hydrogen) atoms. The highest BCUT2D eigenvalue weighted by Gasteiger charge is 2.39. The minimum Gasteiger partial charge on any atom is -0.488 e. The van der Waals surface area contributed by atoms with Crippen LogP contribution in [0.1, 0.15) is 82.7 Å². The van der Waals surface area contributed by atoms with Crippen molar-refractivity contribution in [3.05, 3.63) is 65.8 Å². The van der Waals surface area contributed by atoms with E-state index in [-0.39, 0.29) is 42.3 Å². The summed E-state index contributed by atoms with van der Waals surface area (Å²) in [5, 5.41) is 5.33. The minimum absolute atomic E-state index is 0.0190. The lowest BCUT2D eigenvalue weighted by molar-refractivity contribution is -0.136. The van der Waals surface area contributed by atoms with Crippen LogP contribution < -0.4 is 15.4 Å². The number of rotatable bonds is 10. The molecule has 16 heteroatoms. The summed E-state index contributed by atoms with van der Waals surface area (Å²) in [6.07, 6.45) is 4.96. The predicted octanol–water partition coefficient (Wildman–Crippen LogP) is 6.25. The fourth-order valence-electron chi connectivity index (χ4n) is 8.09. The monoisotopic (exact) mass is 784 g/mol. The zero-order valence-electron chi connectivity index (χ0n) is 33.0. The Morgan fingerprint density at radius 1 is 0.772 bits per heavy atom. The molecular formula is C41H49FN8O7. The Hall–Kier alpha value is -5.93. The standard InChI is InChI=1S/C41H49FN8O7/c1-21(2)34(47-40(53)55-5)38(51)49-15-7-9-30(49)36-43-18-28(45-36)23-11-12-25-24-13-14-26(33(42)27(24)20-57-32(25)17-23)29-19-44-37(46-29)31-10-8-16-50(31)39(52)35(22(3)4)48-41(54)56-6/h11-14,17-19,21-22,30-31,34-35H,7-10,15-16,20H2,1-6H3,(H,43,45)(H,44,46)(H,47,53)(H,48,54)/t30-,31-,34?,35-/m0/s1. The van der Waals surface area contributed by atoms with Crippen LogP contribution in [0, 0.1) is 17.7 Å². The average molecular weight is 785 g/mol. The number of aromatic amines is 2. The lowest BCUT2D eigenvalue weighted by Crippen LogP contribution is -2.51. The van der Waals surface area contributed by atoms with Crippen molar-refractivity contribution < 1.29 is 37.8 Å². The number of alkyl carbamates (subject to hydrolysis) is 2. The molecule has 3 aliphatic rings. The van der Waals surface area contributed by atoms with Crippen molar-refractivity contribution in [1.29, 1.82) is 0 Å². The molecule has 5 heterocycles. The topological polar surface area (TPSA) is 184 Å². The number of benzene rings is 2. The van der Waals surface area contributed by atoms with E-state index in [1.165, 1.54) is 14.2 Å². The van der Waals surface area contributed by atoms with E-state index in [1.807, 2.05) is 52.0 Å². The van der Waals surface area contributed by atoms with Gasteiger partial charge in [0.2, 0.25) is 11.8 Å². The smallest absolute Gasteiger partial charge is 0.407 e. The first-order chi connectivity index (χ1) is 27.4. The van der Waals surface area contributed by atoms with Gasteiger partial charge < -0.3 is 44.6 Å². The van der Waals surface area contributed by atoms with Gasteiger partial charge in [0.25, 0.3) is 0 Å². The SMILES string of the molecule is COC(=O)NC(C(=O)N1CCC[C@H]1c1ncc(-c2ccc3c(c2)OCc2c-3ccc(-c3cnc([C@@H]4CCCN4C(=O)[C@@H](NC(=O)OC)C(C)C)[nH]3)c2F)[nH]1)C(C)C. The number of hydrogen-bond acceptors (Lipinski definition) is 9. The Kier molecular flexibility index (Phi) is 11.2. The summed E-state index contributed by atoms with van der Waals surface area (Å²) in [4.78, 5) is 70.5. The quantitative estimate of drug-likeness (QED) is 0.144. The van der Waals surface area contributed by atoms with E-state index in [2.05, 4.69) is 30.6 Å². The van der Waals surface area contributed by atoms with Crippen LogP contribution in [0.3, 0.4) is 0 Å². The molecule has 0 bridgehead atoms. The Bertz CT molecular complexity index is 2170. The third-order valence-electron chi connectivity index (χ3n) is 11.2. The number of aromatic nitrogens is 4. The van der Waals surface area contributed by atoms with Crippen molar-refractivity contribution in [2.45, 2.75) is 84.2 Å². The lowest BCUT2D eigenvalue weighted by atomic mass is 9.93. The number of carbonyl (C=O) groups is 4. The molecule has 1 unspecified atom stereocenters. The molecule has 0 aliphatic carbocycles. The number of nitrogens with zero attached hydrogens (tertiary/aromatic N) is 4. The average Bonchev–Trinajstić information content (AvgIpc) is 4.05. The van der Waals surface area contributed by atoms with E-state index in [0.717, 1.165) is 41.6 Å². The molecule has 15 nitrogen and oxygen atoms in total. The number of imidazole rings is 2. The van der Waals surface area contributed by atoms with E-state index in [4.69, 9.17) is 14.2 Å². The second-order valence-corrected chi connectivity index (χ2v) is 15.4. The maximum Gasteiger partial charge on any atom is 0.407 e. The molecule has 0 spiro atoms. The summed E-state index contributed by atoms with van der Waals surface area (Å²) in [5.74, 6) is 0.673. The van der Waals surface area contributed by atoms with Crippen LogP contribution in [-0.2, 0) is 25.7 Å². The van der Waals surface area contributed by atoms with Gasteiger partial charge in [-0.15, -0.1) is 0 Å². The first-order valence-corrected chi connectivity index (χ1v) is 19.4. The second kappa shape index (κ2) is 16.3. The lowest BCUT2D eigenvalue weighted by Gasteiger charge is -2.30. The molecule has 4 aromatic rings. The predicted molar refractivity (Wildman–Crippen MR) is 207 cm³/mol. The van der Waals surface area contributed by atoms with Gasteiger partial charge >= 0.3 is 12.2 Å². The molecule has 0 saturated carbocycles. The molecule has 2 aromatic carbocycles. The Balaban J connectivity index is 1.08. The third-order valence-corrected chi connectivity index (χ3v) is 11.2. The number of nitrogens with one attached hydrogen (secondary N) is 4. The van der Waals surface area contributed by atoms with Crippen LogP contribution in [0.15, 0.2) is 42.7 Å². The van der Waals surface area contributed by atoms with E-state index in [0.29, 0.717) is 53.7 Å². The van der Waals surface area contributed by atoms with Gasteiger partial charge in [-0.1, -0.05) is 39.8 Å². The Labute approximate surface area is 330 Å². The molecule has 4 amide bonds. The summed E-state index contributed by atoms with van der Waals surface area (Å²) in [5.41, 5.74) is 4.28. The van der Waals surface area contributed by atoms with Gasteiger partial charge in [0.15, 0.2) is 0 Å².